The zero-order valence-corrected chi connectivity index (χ0v) is 14.2. The maximum absolute atomic E-state index is 2.66. The van der Waals surface area contributed by atoms with Crippen molar-refractivity contribution in [1.29, 1.82) is 0 Å². The third kappa shape index (κ3) is 0.993. The average molecular weight is 272 g/mol. The van der Waals surface area contributed by atoms with Crippen molar-refractivity contribution in [2.24, 2.45) is 27.1 Å². The van der Waals surface area contributed by atoms with Crippen molar-refractivity contribution in [2.45, 2.75) is 86.0 Å². The van der Waals surface area contributed by atoms with Gasteiger partial charge in [0.1, 0.15) is 0 Å². The lowest BCUT2D eigenvalue weighted by atomic mass is 9.25. The van der Waals surface area contributed by atoms with Gasteiger partial charge in [0, 0.05) is 0 Å². The van der Waals surface area contributed by atoms with Crippen LogP contribution in [0.4, 0.5) is 0 Å². The smallest absolute Gasteiger partial charge is 0.00462 e. The van der Waals surface area contributed by atoms with Crippen LogP contribution >= 0.6 is 0 Å². The van der Waals surface area contributed by atoms with Crippen LogP contribution < -0.4 is 0 Å². The van der Waals surface area contributed by atoms with Crippen molar-refractivity contribution in [3.63, 3.8) is 0 Å². The Bertz CT molecular complexity index is 482. The van der Waals surface area contributed by atoms with Gasteiger partial charge in [-0.15, -0.1) is 0 Å². The van der Waals surface area contributed by atoms with Crippen LogP contribution in [0.5, 0.6) is 0 Å². The summed E-state index contributed by atoms with van der Waals surface area (Å²) in [4.78, 5) is 0. The molecular weight excluding hydrogens is 240 g/mol. The second-order valence-corrected chi connectivity index (χ2v) is 9.61. The van der Waals surface area contributed by atoms with E-state index in [1.165, 1.54) is 51.4 Å². The molecule has 0 heteroatoms. The molecule has 112 valence electrons. The van der Waals surface area contributed by atoms with Gasteiger partial charge in [-0.1, -0.05) is 59.1 Å². The van der Waals surface area contributed by atoms with Gasteiger partial charge in [0.15, 0.2) is 0 Å². The van der Waals surface area contributed by atoms with Crippen LogP contribution in [0, 0.1) is 27.1 Å². The van der Waals surface area contributed by atoms with E-state index in [0.29, 0.717) is 27.1 Å². The molecule has 0 amide bonds. The van der Waals surface area contributed by atoms with E-state index in [1.807, 2.05) is 5.57 Å². The van der Waals surface area contributed by atoms with Gasteiger partial charge in [-0.3, -0.25) is 0 Å². The van der Waals surface area contributed by atoms with Crippen molar-refractivity contribution in [3.8, 4) is 0 Å². The van der Waals surface area contributed by atoms with Gasteiger partial charge in [-0.05, 0) is 65.6 Å². The molecule has 4 aliphatic carbocycles. The Balaban J connectivity index is 1.98. The van der Waals surface area contributed by atoms with Gasteiger partial charge >= 0.3 is 0 Å². The molecule has 0 bridgehead atoms. The van der Waals surface area contributed by atoms with E-state index >= 15 is 0 Å². The lowest BCUT2D eigenvalue weighted by Gasteiger charge is -2.79. The molecule has 3 saturated carbocycles. The number of allylic oxidation sites excluding steroid dienone is 2. The predicted octanol–water partition coefficient (Wildman–Crippen LogP) is 6.12. The first-order valence-electron chi connectivity index (χ1n) is 8.96. The van der Waals surface area contributed by atoms with Crippen LogP contribution in [0.1, 0.15) is 86.0 Å². The fourth-order valence-electron chi connectivity index (χ4n) is 7.98. The summed E-state index contributed by atoms with van der Waals surface area (Å²) in [6.07, 6.45) is 14.3. The van der Waals surface area contributed by atoms with Gasteiger partial charge in [0.25, 0.3) is 0 Å². The SMILES string of the molecule is CC1(C)C2=CCCC2(C)C2(CCC2)C(C)(C)C12CCC2. The first-order chi connectivity index (χ1) is 9.25. The Labute approximate surface area is 125 Å². The van der Waals surface area contributed by atoms with Gasteiger partial charge in [-0.2, -0.15) is 0 Å². The topological polar surface area (TPSA) is 0 Å². The standard InChI is InChI=1S/C20H32/c1-16(2)15-9-6-10-18(15,5)20(13-8-14-20)17(3,4)19(16)11-7-12-19/h9H,6-8,10-14H2,1-5H3. The van der Waals surface area contributed by atoms with E-state index in [9.17, 15) is 0 Å². The first kappa shape index (κ1) is 13.4. The monoisotopic (exact) mass is 272 g/mol. The highest BCUT2D eigenvalue weighted by atomic mass is 14.8. The van der Waals surface area contributed by atoms with Crippen LogP contribution in [0.3, 0.4) is 0 Å². The third-order valence-corrected chi connectivity index (χ3v) is 9.32. The molecule has 0 aromatic heterocycles. The minimum atomic E-state index is 0.418. The van der Waals surface area contributed by atoms with Crippen molar-refractivity contribution in [3.05, 3.63) is 11.6 Å². The Morgan fingerprint density at radius 3 is 1.75 bits per heavy atom. The van der Waals surface area contributed by atoms with Gasteiger partial charge in [0.05, 0.1) is 0 Å². The Morgan fingerprint density at radius 1 is 0.750 bits per heavy atom. The largest absolute Gasteiger partial charge is 0.0842 e. The molecule has 0 heterocycles. The third-order valence-electron chi connectivity index (χ3n) is 9.32. The summed E-state index contributed by atoms with van der Waals surface area (Å²) in [5, 5.41) is 0. The summed E-state index contributed by atoms with van der Waals surface area (Å²) in [7, 11) is 0. The molecule has 0 aromatic carbocycles. The molecule has 1 unspecified atom stereocenters. The summed E-state index contributed by atoms with van der Waals surface area (Å²) >= 11 is 0. The van der Waals surface area contributed by atoms with Crippen molar-refractivity contribution in [2.75, 3.05) is 0 Å². The lowest BCUT2D eigenvalue weighted by Crippen LogP contribution is -2.71. The van der Waals surface area contributed by atoms with E-state index in [1.54, 1.807) is 0 Å². The molecule has 3 fully saturated rings. The van der Waals surface area contributed by atoms with E-state index in [0.717, 1.165) is 0 Å². The molecule has 2 spiro atoms. The van der Waals surface area contributed by atoms with E-state index in [-0.39, 0.29) is 0 Å². The molecule has 0 N–H and O–H groups in total. The summed E-state index contributed by atoms with van der Waals surface area (Å²) < 4.78 is 0. The zero-order chi connectivity index (χ0) is 14.4. The minimum absolute atomic E-state index is 0.418. The quantitative estimate of drug-likeness (QED) is 0.466. The van der Waals surface area contributed by atoms with E-state index in [4.69, 9.17) is 0 Å². The van der Waals surface area contributed by atoms with Crippen molar-refractivity contribution < 1.29 is 0 Å². The summed E-state index contributed by atoms with van der Waals surface area (Å²) in [5.41, 5.74) is 4.48. The Hall–Kier alpha value is -0.260. The first-order valence-corrected chi connectivity index (χ1v) is 8.96. The number of fused-ring (bicyclic) bond motifs is 2. The second-order valence-electron chi connectivity index (χ2n) is 9.61. The van der Waals surface area contributed by atoms with Crippen LogP contribution in [0.2, 0.25) is 0 Å². The van der Waals surface area contributed by atoms with Crippen molar-refractivity contribution >= 4 is 0 Å². The van der Waals surface area contributed by atoms with Crippen LogP contribution in [-0.4, -0.2) is 0 Å². The molecule has 4 rings (SSSR count). The molecule has 0 aromatic rings. The molecule has 0 aliphatic heterocycles. The summed E-state index contributed by atoms with van der Waals surface area (Å²) in [6, 6.07) is 0. The normalized spacial score (nSPS) is 41.8. The van der Waals surface area contributed by atoms with Crippen molar-refractivity contribution in [1.82, 2.24) is 0 Å². The fraction of sp³-hybridized carbons (Fsp3) is 0.900. The van der Waals surface area contributed by atoms with E-state index < -0.39 is 0 Å². The van der Waals surface area contributed by atoms with Crippen LogP contribution in [0.15, 0.2) is 11.6 Å². The molecule has 20 heavy (non-hydrogen) atoms. The molecule has 0 radical (unpaired) electrons. The van der Waals surface area contributed by atoms with E-state index in [2.05, 4.69) is 40.7 Å². The predicted molar refractivity (Wildman–Crippen MR) is 85.6 cm³/mol. The van der Waals surface area contributed by atoms with Gasteiger partial charge in [0.2, 0.25) is 0 Å². The van der Waals surface area contributed by atoms with Gasteiger partial charge < -0.3 is 0 Å². The minimum Gasteiger partial charge on any atom is -0.0842 e. The Kier molecular flexibility index (Phi) is 2.27. The highest BCUT2D eigenvalue weighted by Crippen LogP contribution is 2.84. The lowest BCUT2D eigenvalue weighted by molar-refractivity contribution is -0.264. The number of rotatable bonds is 0. The summed E-state index contributed by atoms with van der Waals surface area (Å²) in [5.74, 6) is 0. The maximum Gasteiger partial charge on any atom is -0.00462 e. The second kappa shape index (κ2) is 3.39. The number of hydrogen-bond donors (Lipinski definition) is 0. The highest BCUT2D eigenvalue weighted by molar-refractivity contribution is 5.41. The molecular formula is C20H32. The highest BCUT2D eigenvalue weighted by Gasteiger charge is 2.76. The fourth-order valence-corrected chi connectivity index (χ4v) is 7.98. The molecule has 0 nitrogen and oxygen atoms in total. The Morgan fingerprint density at radius 2 is 1.30 bits per heavy atom. The molecule has 4 aliphatic rings. The number of hydrogen-bond acceptors (Lipinski definition) is 0. The molecule has 1 atom stereocenters. The van der Waals surface area contributed by atoms with Crippen LogP contribution in [-0.2, 0) is 0 Å². The maximum atomic E-state index is 2.66. The van der Waals surface area contributed by atoms with Crippen LogP contribution in [0.25, 0.3) is 0 Å². The summed E-state index contributed by atoms with van der Waals surface area (Å²) in [6.45, 7) is 13.1. The molecule has 0 saturated heterocycles. The zero-order valence-electron chi connectivity index (χ0n) is 14.2. The van der Waals surface area contributed by atoms with Gasteiger partial charge in [-0.25, -0.2) is 0 Å². The average Bonchev–Trinajstić information content (AvgIpc) is 2.54.